The van der Waals surface area contributed by atoms with Crippen molar-refractivity contribution in [1.29, 1.82) is 0 Å². The van der Waals surface area contributed by atoms with Crippen molar-refractivity contribution in [2.24, 2.45) is 5.84 Å². The van der Waals surface area contributed by atoms with Gasteiger partial charge in [0.1, 0.15) is 0 Å². The summed E-state index contributed by atoms with van der Waals surface area (Å²) in [6.45, 7) is 1.45. The van der Waals surface area contributed by atoms with Crippen LogP contribution in [0.3, 0.4) is 0 Å². The van der Waals surface area contributed by atoms with E-state index in [4.69, 9.17) is 15.3 Å². The lowest BCUT2D eigenvalue weighted by Gasteiger charge is -2.24. The highest BCUT2D eigenvalue weighted by Crippen LogP contribution is 2.26. The molecular formula is C7H11N5O2S. The van der Waals surface area contributed by atoms with Gasteiger partial charge in [-0.1, -0.05) is 11.8 Å². The highest BCUT2D eigenvalue weighted by molar-refractivity contribution is 7.99. The third-order valence-corrected chi connectivity index (χ3v) is 2.78. The Hall–Kier alpha value is -1.12. The molecule has 1 aromatic rings. The van der Waals surface area contributed by atoms with E-state index in [0.29, 0.717) is 16.4 Å². The van der Waals surface area contributed by atoms with E-state index in [-0.39, 0.29) is 6.01 Å². The Morgan fingerprint density at radius 1 is 1.47 bits per heavy atom. The van der Waals surface area contributed by atoms with E-state index < -0.39 is 0 Å². The van der Waals surface area contributed by atoms with Gasteiger partial charge in [-0.15, -0.1) is 0 Å². The Morgan fingerprint density at radius 3 is 2.80 bits per heavy atom. The Bertz CT molecular complexity index is 324. The Labute approximate surface area is 90.8 Å². The largest absolute Gasteiger partial charge is 0.467 e. The van der Waals surface area contributed by atoms with Crippen molar-refractivity contribution in [3.63, 3.8) is 0 Å². The summed E-state index contributed by atoms with van der Waals surface area (Å²) < 4.78 is 9.98. The van der Waals surface area contributed by atoms with Crippen LogP contribution in [0.1, 0.15) is 0 Å². The Morgan fingerprint density at radius 2 is 2.27 bits per heavy atom. The van der Waals surface area contributed by atoms with Crippen molar-refractivity contribution in [2.45, 2.75) is 10.4 Å². The van der Waals surface area contributed by atoms with E-state index in [2.05, 4.69) is 20.4 Å². The van der Waals surface area contributed by atoms with Crippen LogP contribution in [0.5, 0.6) is 6.01 Å². The van der Waals surface area contributed by atoms with E-state index in [1.165, 1.54) is 18.9 Å². The minimum absolute atomic E-state index is 0.251. The zero-order chi connectivity index (χ0) is 10.7. The molecule has 0 aliphatic carbocycles. The second-order valence-corrected chi connectivity index (χ2v) is 4.12. The van der Waals surface area contributed by atoms with Crippen LogP contribution in [0.25, 0.3) is 0 Å². The number of hydrogen-bond donors (Lipinski definition) is 2. The summed E-state index contributed by atoms with van der Waals surface area (Å²) >= 11 is 1.53. The lowest BCUT2D eigenvalue weighted by Crippen LogP contribution is -2.30. The molecule has 1 fully saturated rings. The fraction of sp³-hybridized carbons (Fsp3) is 0.571. The molecule has 8 heteroatoms. The first-order valence-corrected chi connectivity index (χ1v) is 5.21. The number of methoxy groups -OCH3 is 1. The first kappa shape index (κ1) is 10.4. The molecule has 2 rings (SSSR count). The molecule has 0 bridgehead atoms. The van der Waals surface area contributed by atoms with Crippen LogP contribution in [0.4, 0.5) is 5.95 Å². The number of nitrogens with one attached hydrogen (secondary N) is 1. The summed E-state index contributed by atoms with van der Waals surface area (Å²) in [6, 6.07) is 0.251. The summed E-state index contributed by atoms with van der Waals surface area (Å²) in [7, 11) is 1.50. The Kier molecular flexibility index (Phi) is 3.19. The van der Waals surface area contributed by atoms with Gasteiger partial charge in [0.2, 0.25) is 5.95 Å². The Balaban J connectivity index is 2.13. The fourth-order valence-electron chi connectivity index (χ4n) is 0.978. The number of nitrogen functional groups attached to an aromatic ring is 1. The van der Waals surface area contributed by atoms with Crippen molar-refractivity contribution in [2.75, 3.05) is 25.7 Å². The smallest absolute Gasteiger partial charge is 0.321 e. The van der Waals surface area contributed by atoms with Gasteiger partial charge in [0, 0.05) is 0 Å². The maximum Gasteiger partial charge on any atom is 0.321 e. The van der Waals surface area contributed by atoms with E-state index in [1.807, 2.05) is 0 Å². The molecule has 0 aromatic carbocycles. The molecule has 1 aromatic heterocycles. The lowest BCUT2D eigenvalue weighted by atomic mass is 10.4. The topological polar surface area (TPSA) is 95.2 Å². The number of rotatable bonds is 4. The maximum atomic E-state index is 5.23. The van der Waals surface area contributed by atoms with E-state index in [9.17, 15) is 0 Å². The third kappa shape index (κ3) is 2.46. The molecule has 0 spiro atoms. The third-order valence-electron chi connectivity index (χ3n) is 1.79. The van der Waals surface area contributed by atoms with Gasteiger partial charge in [0.15, 0.2) is 5.16 Å². The van der Waals surface area contributed by atoms with Crippen LogP contribution < -0.4 is 16.0 Å². The van der Waals surface area contributed by atoms with Crippen molar-refractivity contribution in [1.82, 2.24) is 15.0 Å². The van der Waals surface area contributed by atoms with Crippen LogP contribution in [0.15, 0.2) is 5.16 Å². The lowest BCUT2D eigenvalue weighted by molar-refractivity contribution is 0.0454. The average Bonchev–Trinajstić information content (AvgIpc) is 2.23. The van der Waals surface area contributed by atoms with Gasteiger partial charge < -0.3 is 9.47 Å². The van der Waals surface area contributed by atoms with Crippen LogP contribution in [-0.2, 0) is 4.74 Å². The quantitative estimate of drug-likeness (QED) is 0.534. The number of hydrazine groups is 1. The number of aromatic nitrogens is 3. The van der Waals surface area contributed by atoms with Gasteiger partial charge >= 0.3 is 6.01 Å². The standard InChI is InChI=1S/C7H11N5O2S/c1-13-6-9-5(12-8)10-7(11-6)15-4-2-14-3-4/h4H,2-3,8H2,1H3,(H,9,10,11,12). The van der Waals surface area contributed by atoms with Crippen molar-refractivity contribution in [3.8, 4) is 6.01 Å². The highest BCUT2D eigenvalue weighted by Gasteiger charge is 2.21. The van der Waals surface area contributed by atoms with Crippen LogP contribution in [-0.4, -0.2) is 40.5 Å². The summed E-state index contributed by atoms with van der Waals surface area (Å²) in [6.07, 6.45) is 0. The minimum Gasteiger partial charge on any atom is -0.467 e. The molecule has 1 saturated heterocycles. The molecule has 82 valence electrons. The van der Waals surface area contributed by atoms with Gasteiger partial charge in [0.25, 0.3) is 0 Å². The molecule has 0 radical (unpaired) electrons. The molecule has 0 atom stereocenters. The minimum atomic E-state index is 0.251. The van der Waals surface area contributed by atoms with Gasteiger partial charge in [-0.25, -0.2) is 5.84 Å². The van der Waals surface area contributed by atoms with E-state index >= 15 is 0 Å². The van der Waals surface area contributed by atoms with Gasteiger partial charge in [0.05, 0.1) is 25.6 Å². The molecule has 1 aliphatic rings. The normalized spacial score (nSPS) is 15.9. The van der Waals surface area contributed by atoms with Gasteiger partial charge in [-0.2, -0.15) is 15.0 Å². The zero-order valence-corrected chi connectivity index (χ0v) is 8.95. The summed E-state index contributed by atoms with van der Waals surface area (Å²) in [5.74, 6) is 5.52. The summed E-state index contributed by atoms with van der Waals surface area (Å²) in [5, 5.41) is 0.992. The summed E-state index contributed by atoms with van der Waals surface area (Å²) in [5.41, 5.74) is 2.36. The number of nitrogens with two attached hydrogens (primary N) is 1. The van der Waals surface area contributed by atoms with Crippen molar-refractivity contribution in [3.05, 3.63) is 0 Å². The molecule has 3 N–H and O–H groups in total. The number of hydrogen-bond acceptors (Lipinski definition) is 8. The summed E-state index contributed by atoms with van der Waals surface area (Å²) in [4.78, 5) is 12.1. The zero-order valence-electron chi connectivity index (χ0n) is 8.14. The van der Waals surface area contributed by atoms with E-state index in [0.717, 1.165) is 13.2 Å². The molecule has 7 nitrogen and oxygen atoms in total. The first-order chi connectivity index (χ1) is 7.31. The molecular weight excluding hydrogens is 218 g/mol. The second kappa shape index (κ2) is 4.60. The second-order valence-electron chi connectivity index (χ2n) is 2.85. The molecule has 0 saturated carbocycles. The van der Waals surface area contributed by atoms with Crippen molar-refractivity contribution >= 4 is 17.7 Å². The number of thioether (sulfide) groups is 1. The SMILES string of the molecule is COc1nc(NN)nc(SC2COC2)n1. The van der Waals surface area contributed by atoms with Crippen LogP contribution in [0, 0.1) is 0 Å². The van der Waals surface area contributed by atoms with Crippen LogP contribution >= 0.6 is 11.8 Å². The predicted octanol–water partition coefficient (Wildman–Crippen LogP) is -0.343. The maximum absolute atomic E-state index is 5.23. The number of ether oxygens (including phenoxy) is 2. The average molecular weight is 229 g/mol. The molecule has 1 aliphatic heterocycles. The molecule has 0 amide bonds. The number of anilines is 1. The monoisotopic (exact) mass is 229 g/mol. The molecule has 0 unspecified atom stereocenters. The van der Waals surface area contributed by atoms with Gasteiger partial charge in [-0.05, 0) is 0 Å². The van der Waals surface area contributed by atoms with Crippen molar-refractivity contribution < 1.29 is 9.47 Å². The first-order valence-electron chi connectivity index (χ1n) is 4.33. The fourth-order valence-corrected chi connectivity index (χ4v) is 1.87. The van der Waals surface area contributed by atoms with Crippen LogP contribution in [0.2, 0.25) is 0 Å². The molecule has 15 heavy (non-hydrogen) atoms. The van der Waals surface area contributed by atoms with E-state index in [1.54, 1.807) is 0 Å². The highest BCUT2D eigenvalue weighted by atomic mass is 32.2. The van der Waals surface area contributed by atoms with Gasteiger partial charge in [-0.3, -0.25) is 5.43 Å². The predicted molar refractivity (Wildman–Crippen MR) is 54.7 cm³/mol. The molecule has 2 heterocycles. The number of nitrogens with zero attached hydrogens (tertiary/aromatic N) is 3.